The SMILES string of the molecule is CCOC(=O)CC(=O)C(=O)SC(C)(C)CNC(=O)CC. The van der Waals surface area contributed by atoms with Crippen molar-refractivity contribution in [3.8, 4) is 0 Å². The second-order valence-corrected chi connectivity index (χ2v) is 6.36. The molecule has 0 bridgehead atoms. The molecule has 1 amide bonds. The van der Waals surface area contributed by atoms with E-state index in [-0.39, 0.29) is 19.1 Å². The molecule has 0 rings (SSSR count). The standard InChI is InChI=1S/C13H21NO5S/c1-5-10(16)14-8-13(3,4)20-12(18)9(15)7-11(17)19-6-2/h5-8H2,1-4H3,(H,14,16). The lowest BCUT2D eigenvalue weighted by molar-refractivity contribution is -0.147. The van der Waals surface area contributed by atoms with E-state index in [1.165, 1.54) is 0 Å². The van der Waals surface area contributed by atoms with Crippen molar-refractivity contribution in [3.05, 3.63) is 0 Å². The Morgan fingerprint density at radius 3 is 2.25 bits per heavy atom. The lowest BCUT2D eigenvalue weighted by Gasteiger charge is -2.22. The lowest BCUT2D eigenvalue weighted by Crippen LogP contribution is -2.37. The lowest BCUT2D eigenvalue weighted by atomic mass is 10.2. The van der Waals surface area contributed by atoms with Crippen LogP contribution < -0.4 is 5.32 Å². The number of ketones is 1. The molecule has 0 saturated carbocycles. The molecule has 7 heteroatoms. The van der Waals surface area contributed by atoms with Gasteiger partial charge in [-0.25, -0.2) is 0 Å². The third kappa shape index (κ3) is 7.93. The molecule has 0 aromatic heterocycles. The predicted molar refractivity (Wildman–Crippen MR) is 76.2 cm³/mol. The van der Waals surface area contributed by atoms with Gasteiger partial charge in [0.2, 0.25) is 11.7 Å². The number of nitrogens with one attached hydrogen (secondary N) is 1. The fourth-order valence-electron chi connectivity index (χ4n) is 1.20. The summed E-state index contributed by atoms with van der Waals surface area (Å²) in [6.07, 6.45) is -0.187. The summed E-state index contributed by atoms with van der Waals surface area (Å²) in [6, 6.07) is 0. The summed E-state index contributed by atoms with van der Waals surface area (Å²) in [4.78, 5) is 45.5. The minimum absolute atomic E-state index is 0.121. The molecule has 0 aliphatic carbocycles. The van der Waals surface area contributed by atoms with E-state index in [9.17, 15) is 19.2 Å². The molecule has 0 aromatic carbocycles. The zero-order chi connectivity index (χ0) is 15.8. The van der Waals surface area contributed by atoms with E-state index < -0.39 is 28.0 Å². The second kappa shape index (κ2) is 8.73. The highest BCUT2D eigenvalue weighted by atomic mass is 32.2. The number of hydrogen-bond acceptors (Lipinski definition) is 6. The maximum absolute atomic E-state index is 11.7. The molecular weight excluding hydrogens is 282 g/mol. The van der Waals surface area contributed by atoms with Gasteiger partial charge in [-0.15, -0.1) is 0 Å². The van der Waals surface area contributed by atoms with Crippen molar-refractivity contribution in [1.29, 1.82) is 0 Å². The fourth-order valence-corrected chi connectivity index (χ4v) is 2.03. The highest BCUT2D eigenvalue weighted by Crippen LogP contribution is 2.25. The van der Waals surface area contributed by atoms with Crippen LogP contribution in [0.2, 0.25) is 0 Å². The van der Waals surface area contributed by atoms with Gasteiger partial charge < -0.3 is 10.1 Å². The van der Waals surface area contributed by atoms with Gasteiger partial charge in [0.1, 0.15) is 6.42 Å². The van der Waals surface area contributed by atoms with E-state index in [0.717, 1.165) is 11.8 Å². The van der Waals surface area contributed by atoms with Gasteiger partial charge in [0, 0.05) is 17.7 Å². The first-order chi connectivity index (χ1) is 9.21. The minimum atomic E-state index is -0.789. The van der Waals surface area contributed by atoms with Crippen molar-refractivity contribution in [1.82, 2.24) is 5.32 Å². The molecule has 0 radical (unpaired) electrons. The summed E-state index contributed by atoms with van der Waals surface area (Å²) in [6.45, 7) is 7.26. The first-order valence-corrected chi connectivity index (χ1v) is 7.22. The fraction of sp³-hybridized carbons (Fsp3) is 0.692. The van der Waals surface area contributed by atoms with Crippen molar-refractivity contribution in [3.63, 3.8) is 0 Å². The van der Waals surface area contributed by atoms with Crippen LogP contribution in [0.25, 0.3) is 0 Å². The van der Waals surface area contributed by atoms with Crippen LogP contribution in [0.4, 0.5) is 0 Å². The van der Waals surface area contributed by atoms with Crippen molar-refractivity contribution < 1.29 is 23.9 Å². The maximum atomic E-state index is 11.7. The Balaban J connectivity index is 4.32. The van der Waals surface area contributed by atoms with Crippen molar-refractivity contribution >= 4 is 34.5 Å². The smallest absolute Gasteiger partial charge is 0.313 e. The first-order valence-electron chi connectivity index (χ1n) is 6.40. The first kappa shape index (κ1) is 18.6. The van der Waals surface area contributed by atoms with Gasteiger partial charge >= 0.3 is 5.97 Å². The number of esters is 1. The molecule has 0 aliphatic rings. The number of ether oxygens (including phenoxy) is 1. The van der Waals surface area contributed by atoms with Crippen LogP contribution in [0.5, 0.6) is 0 Å². The summed E-state index contributed by atoms with van der Waals surface area (Å²) in [7, 11) is 0. The number of amides is 1. The van der Waals surface area contributed by atoms with Crippen molar-refractivity contribution in [2.24, 2.45) is 0 Å². The molecule has 20 heavy (non-hydrogen) atoms. The van der Waals surface area contributed by atoms with E-state index >= 15 is 0 Å². The number of carbonyl (C=O) groups is 4. The minimum Gasteiger partial charge on any atom is -0.466 e. The summed E-state index contributed by atoms with van der Waals surface area (Å²) < 4.78 is 3.99. The number of thioether (sulfide) groups is 1. The Labute approximate surface area is 123 Å². The van der Waals surface area contributed by atoms with Crippen LogP contribution in [0.1, 0.15) is 40.5 Å². The summed E-state index contributed by atoms with van der Waals surface area (Å²) in [5, 5.41) is 1.96. The third-order valence-electron chi connectivity index (χ3n) is 2.24. The van der Waals surface area contributed by atoms with E-state index in [0.29, 0.717) is 6.42 Å². The predicted octanol–water partition coefficient (Wildman–Crippen LogP) is 1.07. The average Bonchev–Trinajstić information content (AvgIpc) is 2.35. The average molecular weight is 303 g/mol. The number of hydrogen-bond donors (Lipinski definition) is 1. The van der Waals surface area contributed by atoms with Crippen LogP contribution in [0.15, 0.2) is 0 Å². The van der Waals surface area contributed by atoms with Gasteiger partial charge in [-0.3, -0.25) is 19.2 Å². The second-order valence-electron chi connectivity index (χ2n) is 4.68. The van der Waals surface area contributed by atoms with Crippen LogP contribution in [-0.4, -0.2) is 40.7 Å². The van der Waals surface area contributed by atoms with Crippen LogP contribution in [-0.2, 0) is 23.9 Å². The Morgan fingerprint density at radius 2 is 1.75 bits per heavy atom. The topological polar surface area (TPSA) is 89.5 Å². The molecule has 0 heterocycles. The van der Waals surface area contributed by atoms with Gasteiger partial charge in [0.15, 0.2) is 0 Å². The molecule has 0 unspecified atom stereocenters. The molecule has 0 saturated heterocycles. The van der Waals surface area contributed by atoms with Crippen LogP contribution >= 0.6 is 11.8 Å². The number of Topliss-reactive ketones (excluding diaryl/α,β-unsaturated/α-hetero) is 1. The van der Waals surface area contributed by atoms with Gasteiger partial charge in [0.25, 0.3) is 5.12 Å². The number of rotatable bonds is 8. The molecule has 6 nitrogen and oxygen atoms in total. The zero-order valence-electron chi connectivity index (χ0n) is 12.3. The maximum Gasteiger partial charge on any atom is 0.313 e. The summed E-state index contributed by atoms with van der Waals surface area (Å²) >= 11 is 0.812. The van der Waals surface area contributed by atoms with Gasteiger partial charge in [0.05, 0.1) is 6.61 Å². The van der Waals surface area contributed by atoms with Gasteiger partial charge in [-0.1, -0.05) is 18.7 Å². The van der Waals surface area contributed by atoms with Crippen molar-refractivity contribution in [2.75, 3.05) is 13.2 Å². The Bertz CT molecular complexity index is 392. The number of carbonyl (C=O) groups excluding carboxylic acids is 4. The monoisotopic (exact) mass is 303 g/mol. The highest BCUT2D eigenvalue weighted by molar-refractivity contribution is 8.16. The van der Waals surface area contributed by atoms with E-state index in [2.05, 4.69) is 10.1 Å². The summed E-state index contributed by atoms with van der Waals surface area (Å²) in [5.74, 6) is -1.61. The van der Waals surface area contributed by atoms with Crippen molar-refractivity contribution in [2.45, 2.75) is 45.3 Å². The van der Waals surface area contributed by atoms with E-state index in [4.69, 9.17) is 0 Å². The highest BCUT2D eigenvalue weighted by Gasteiger charge is 2.28. The van der Waals surface area contributed by atoms with E-state index in [1.54, 1.807) is 27.7 Å². The Kier molecular flexibility index (Phi) is 8.13. The Morgan fingerprint density at radius 1 is 1.15 bits per heavy atom. The van der Waals surface area contributed by atoms with Gasteiger partial charge in [-0.2, -0.15) is 0 Å². The molecule has 0 spiro atoms. The normalized spacial score (nSPS) is 10.8. The quantitative estimate of drug-likeness (QED) is 0.410. The zero-order valence-corrected chi connectivity index (χ0v) is 13.1. The third-order valence-corrected chi connectivity index (χ3v) is 3.35. The molecular formula is C13H21NO5S. The van der Waals surface area contributed by atoms with Gasteiger partial charge in [-0.05, 0) is 20.8 Å². The molecule has 0 aliphatic heterocycles. The van der Waals surface area contributed by atoms with Crippen LogP contribution in [0.3, 0.4) is 0 Å². The van der Waals surface area contributed by atoms with Crippen LogP contribution in [0, 0.1) is 0 Å². The Hall–Kier alpha value is -1.37. The summed E-state index contributed by atoms with van der Waals surface area (Å²) in [5.41, 5.74) is 0. The molecule has 0 aromatic rings. The molecule has 114 valence electrons. The molecule has 0 fully saturated rings. The molecule has 0 atom stereocenters. The largest absolute Gasteiger partial charge is 0.466 e. The van der Waals surface area contributed by atoms with E-state index in [1.807, 2.05) is 0 Å². The molecule has 1 N–H and O–H groups in total.